The van der Waals surface area contributed by atoms with E-state index in [9.17, 15) is 10.1 Å². The lowest BCUT2D eigenvalue weighted by atomic mass is 10.2. The molecule has 1 heterocycles. The second-order valence-corrected chi connectivity index (χ2v) is 5.41. The largest absolute Gasteiger partial charge is 0.464 e. The Morgan fingerprint density at radius 2 is 2.08 bits per heavy atom. The molecule has 0 aliphatic carbocycles. The topological polar surface area (TPSA) is 84.3 Å². The molecular weight excluding hydrogens is 304 g/mol. The maximum atomic E-state index is 12.1. The Bertz CT molecular complexity index is 770. The van der Waals surface area contributed by atoms with Crippen LogP contribution in [0.25, 0.3) is 5.69 Å². The smallest absolute Gasteiger partial charge is 0.357 e. The molecule has 0 saturated carbocycles. The highest BCUT2D eigenvalue weighted by Crippen LogP contribution is 2.25. The van der Waals surface area contributed by atoms with Gasteiger partial charge in [0, 0.05) is 18.4 Å². The van der Waals surface area contributed by atoms with Crippen LogP contribution in [-0.4, -0.2) is 35.6 Å². The van der Waals surface area contributed by atoms with Crippen LogP contribution >= 0.6 is 0 Å². The van der Waals surface area contributed by atoms with Crippen molar-refractivity contribution in [2.24, 2.45) is 0 Å². The number of ether oxygens (including phenoxy) is 1. The zero-order chi connectivity index (χ0) is 17.7. The minimum Gasteiger partial charge on any atom is -0.464 e. The third kappa shape index (κ3) is 3.42. The van der Waals surface area contributed by atoms with Gasteiger partial charge in [0.2, 0.25) is 0 Å². The summed E-state index contributed by atoms with van der Waals surface area (Å²) in [6.45, 7) is 6.98. The van der Waals surface area contributed by atoms with Crippen LogP contribution in [0.5, 0.6) is 0 Å². The highest BCUT2D eigenvalue weighted by Gasteiger charge is 2.21. The van der Waals surface area contributed by atoms with Crippen LogP contribution in [0.15, 0.2) is 30.5 Å². The van der Waals surface area contributed by atoms with Crippen LogP contribution in [0, 0.1) is 11.3 Å². The Balaban J connectivity index is 2.49. The molecular formula is C18H22N4O2. The number of hydrogen-bond donors (Lipinski definition) is 1. The summed E-state index contributed by atoms with van der Waals surface area (Å²) < 4.78 is 6.43. The molecule has 2 aromatic rings. The van der Waals surface area contributed by atoms with Gasteiger partial charge in [0.05, 0.1) is 18.4 Å². The zero-order valence-electron chi connectivity index (χ0n) is 14.2. The summed E-state index contributed by atoms with van der Waals surface area (Å²) in [6, 6.07) is 9.84. The molecule has 0 aliphatic heterocycles. The van der Waals surface area contributed by atoms with Gasteiger partial charge in [0.25, 0.3) is 0 Å². The molecule has 6 nitrogen and oxygen atoms in total. The number of benzene rings is 1. The van der Waals surface area contributed by atoms with Crippen molar-refractivity contribution in [2.75, 3.05) is 25.9 Å². The first kappa shape index (κ1) is 17.6. The number of carbonyl (C=O) groups excluding carboxylic acids is 1. The van der Waals surface area contributed by atoms with Gasteiger partial charge in [-0.05, 0) is 30.8 Å². The minimum atomic E-state index is -0.567. The van der Waals surface area contributed by atoms with Crippen molar-refractivity contribution in [1.82, 2.24) is 9.47 Å². The number of anilines is 1. The number of nitrogens with zero attached hydrogens (tertiary/aromatic N) is 3. The van der Waals surface area contributed by atoms with Crippen molar-refractivity contribution in [3.63, 3.8) is 0 Å². The molecule has 1 aromatic carbocycles. The minimum absolute atomic E-state index is 0.137. The molecule has 0 unspecified atom stereocenters. The molecule has 0 aliphatic rings. The molecule has 6 heteroatoms. The van der Waals surface area contributed by atoms with E-state index in [0.717, 1.165) is 30.9 Å². The van der Waals surface area contributed by atoms with Gasteiger partial charge in [-0.3, -0.25) is 4.90 Å². The van der Waals surface area contributed by atoms with Gasteiger partial charge in [0.15, 0.2) is 5.69 Å². The van der Waals surface area contributed by atoms with E-state index in [1.807, 2.05) is 30.3 Å². The lowest BCUT2D eigenvalue weighted by molar-refractivity contribution is 0.0593. The molecule has 126 valence electrons. The second kappa shape index (κ2) is 7.66. The van der Waals surface area contributed by atoms with Crippen molar-refractivity contribution in [1.29, 1.82) is 5.26 Å². The van der Waals surface area contributed by atoms with Crippen LogP contribution in [-0.2, 0) is 11.3 Å². The third-order valence-corrected chi connectivity index (χ3v) is 4.03. The van der Waals surface area contributed by atoms with Crippen LogP contribution < -0.4 is 5.73 Å². The fraction of sp³-hybridized carbons (Fsp3) is 0.333. The van der Waals surface area contributed by atoms with Crippen molar-refractivity contribution in [2.45, 2.75) is 20.4 Å². The summed E-state index contributed by atoms with van der Waals surface area (Å²) in [6.07, 6.45) is 1.57. The molecule has 1 aromatic heterocycles. The molecule has 0 saturated heterocycles. The maximum Gasteiger partial charge on any atom is 0.357 e. The van der Waals surface area contributed by atoms with Gasteiger partial charge in [-0.1, -0.05) is 26.0 Å². The maximum absolute atomic E-state index is 12.1. The van der Waals surface area contributed by atoms with Crippen LogP contribution in [0.1, 0.15) is 35.5 Å². The van der Waals surface area contributed by atoms with Gasteiger partial charge >= 0.3 is 5.97 Å². The standard InChI is InChI=1S/C18H22N4O2/c1-4-21(5-2)11-13-7-6-8-15(9-13)22-12-14(10-19)16(20)17(22)18(23)24-3/h6-9,12H,4-5,11,20H2,1-3H3. The predicted molar refractivity (Wildman–Crippen MR) is 92.9 cm³/mol. The summed E-state index contributed by atoms with van der Waals surface area (Å²) in [5.41, 5.74) is 8.40. The number of nitrogen functional groups attached to an aromatic ring is 1. The third-order valence-electron chi connectivity index (χ3n) is 4.03. The van der Waals surface area contributed by atoms with Crippen molar-refractivity contribution in [3.05, 3.63) is 47.3 Å². The van der Waals surface area contributed by atoms with Gasteiger partial charge in [-0.15, -0.1) is 0 Å². The van der Waals surface area contributed by atoms with E-state index in [4.69, 9.17) is 10.5 Å². The predicted octanol–water partition coefficient (Wildman–Crippen LogP) is 2.56. The van der Waals surface area contributed by atoms with Gasteiger partial charge in [-0.25, -0.2) is 4.79 Å². The van der Waals surface area contributed by atoms with Crippen LogP contribution in [0.3, 0.4) is 0 Å². The average Bonchev–Trinajstić information content (AvgIpc) is 2.95. The summed E-state index contributed by atoms with van der Waals surface area (Å²) in [7, 11) is 1.29. The lowest BCUT2D eigenvalue weighted by Gasteiger charge is -2.18. The lowest BCUT2D eigenvalue weighted by Crippen LogP contribution is -2.22. The molecule has 0 fully saturated rings. The number of rotatable bonds is 6. The van der Waals surface area contributed by atoms with E-state index in [1.54, 1.807) is 10.8 Å². The summed E-state index contributed by atoms with van der Waals surface area (Å²) in [4.78, 5) is 14.4. The Morgan fingerprint density at radius 1 is 1.38 bits per heavy atom. The van der Waals surface area contributed by atoms with Crippen molar-refractivity contribution < 1.29 is 9.53 Å². The first-order chi connectivity index (χ1) is 11.5. The number of methoxy groups -OCH3 is 1. The molecule has 0 bridgehead atoms. The molecule has 0 atom stereocenters. The highest BCUT2D eigenvalue weighted by molar-refractivity contribution is 5.95. The molecule has 0 spiro atoms. The number of hydrogen-bond acceptors (Lipinski definition) is 5. The molecule has 0 radical (unpaired) electrons. The highest BCUT2D eigenvalue weighted by atomic mass is 16.5. The second-order valence-electron chi connectivity index (χ2n) is 5.41. The van der Waals surface area contributed by atoms with Crippen LogP contribution in [0.4, 0.5) is 5.69 Å². The molecule has 24 heavy (non-hydrogen) atoms. The molecule has 2 N–H and O–H groups in total. The first-order valence-corrected chi connectivity index (χ1v) is 7.86. The molecule has 2 rings (SSSR count). The van der Waals surface area contributed by atoms with E-state index in [-0.39, 0.29) is 16.9 Å². The molecule has 0 amide bonds. The van der Waals surface area contributed by atoms with E-state index < -0.39 is 5.97 Å². The van der Waals surface area contributed by atoms with Gasteiger partial charge < -0.3 is 15.0 Å². The number of carbonyl (C=O) groups is 1. The van der Waals surface area contributed by atoms with Crippen molar-refractivity contribution in [3.8, 4) is 11.8 Å². The Hall–Kier alpha value is -2.78. The summed E-state index contributed by atoms with van der Waals surface area (Å²) >= 11 is 0. The van der Waals surface area contributed by atoms with E-state index in [2.05, 4.69) is 18.7 Å². The van der Waals surface area contributed by atoms with E-state index in [1.165, 1.54) is 7.11 Å². The van der Waals surface area contributed by atoms with E-state index in [0.29, 0.717) is 0 Å². The summed E-state index contributed by atoms with van der Waals surface area (Å²) in [5.74, 6) is -0.567. The number of nitrogens with two attached hydrogens (primary N) is 1. The monoisotopic (exact) mass is 326 g/mol. The normalized spacial score (nSPS) is 10.6. The Labute approximate surface area is 142 Å². The van der Waals surface area contributed by atoms with Crippen molar-refractivity contribution >= 4 is 11.7 Å². The average molecular weight is 326 g/mol. The number of nitriles is 1. The fourth-order valence-corrected chi connectivity index (χ4v) is 2.63. The van der Waals surface area contributed by atoms with Gasteiger partial charge in [0.1, 0.15) is 6.07 Å². The van der Waals surface area contributed by atoms with Crippen LogP contribution in [0.2, 0.25) is 0 Å². The fourth-order valence-electron chi connectivity index (χ4n) is 2.63. The summed E-state index contributed by atoms with van der Waals surface area (Å²) in [5, 5.41) is 9.19. The number of esters is 1. The first-order valence-electron chi connectivity index (χ1n) is 7.86. The Morgan fingerprint density at radius 3 is 2.67 bits per heavy atom. The zero-order valence-corrected chi connectivity index (χ0v) is 14.2. The Kier molecular flexibility index (Phi) is 5.61. The number of aromatic nitrogens is 1. The SMILES string of the molecule is CCN(CC)Cc1cccc(-n2cc(C#N)c(N)c2C(=O)OC)c1. The van der Waals surface area contributed by atoms with Gasteiger partial charge in [-0.2, -0.15) is 5.26 Å². The quantitative estimate of drug-likeness (QED) is 0.825. The van der Waals surface area contributed by atoms with E-state index >= 15 is 0 Å².